The van der Waals surface area contributed by atoms with Crippen molar-refractivity contribution >= 4 is 11.7 Å². The van der Waals surface area contributed by atoms with Gasteiger partial charge < -0.3 is 10.0 Å². The molecule has 19 heavy (non-hydrogen) atoms. The lowest BCUT2D eigenvalue weighted by atomic mass is 9.92. The lowest BCUT2D eigenvalue weighted by Crippen LogP contribution is -2.30. The summed E-state index contributed by atoms with van der Waals surface area (Å²) in [5.41, 5.74) is -3.34. The van der Waals surface area contributed by atoms with Gasteiger partial charge in [-0.15, -0.1) is 0 Å². The Morgan fingerprint density at radius 3 is 2.21 bits per heavy atom. The van der Waals surface area contributed by atoms with Crippen molar-refractivity contribution in [3.63, 3.8) is 0 Å². The van der Waals surface area contributed by atoms with E-state index in [1.54, 1.807) is 0 Å². The minimum atomic E-state index is -3.46. The van der Waals surface area contributed by atoms with E-state index >= 15 is 0 Å². The van der Waals surface area contributed by atoms with Crippen molar-refractivity contribution in [3.8, 4) is 0 Å². The zero-order valence-corrected chi connectivity index (χ0v) is 10.2. The van der Waals surface area contributed by atoms with Crippen LogP contribution in [0.2, 0.25) is 0 Å². The highest BCUT2D eigenvalue weighted by Crippen LogP contribution is 2.63. The molecule has 1 aromatic carbocycles. The lowest BCUT2D eigenvalue weighted by Gasteiger charge is -2.22. The van der Waals surface area contributed by atoms with Gasteiger partial charge in [0.2, 0.25) is 0 Å². The number of anilines is 1. The molecule has 1 fully saturated rings. The SMILES string of the molecule is CN(C)c1c(C2(C(=O)O)CC2(F)F)ccc(F)c1F. The molecule has 0 heterocycles. The molecular formula is C12H11F4NO2. The van der Waals surface area contributed by atoms with Crippen molar-refractivity contribution in [3.05, 3.63) is 29.3 Å². The number of hydrogen-bond donors (Lipinski definition) is 1. The molecule has 1 N–H and O–H groups in total. The molecule has 1 atom stereocenters. The maximum atomic E-state index is 13.7. The average Bonchev–Trinajstić information content (AvgIpc) is 2.86. The van der Waals surface area contributed by atoms with E-state index in [2.05, 4.69) is 0 Å². The maximum absolute atomic E-state index is 13.7. The van der Waals surface area contributed by atoms with Crippen LogP contribution in [0, 0.1) is 11.6 Å². The monoisotopic (exact) mass is 277 g/mol. The number of benzene rings is 1. The summed E-state index contributed by atoms with van der Waals surface area (Å²) >= 11 is 0. The number of halogens is 4. The average molecular weight is 277 g/mol. The second kappa shape index (κ2) is 3.85. The molecule has 0 amide bonds. The molecule has 3 nitrogen and oxygen atoms in total. The number of carboxylic acid groups (broad SMARTS) is 1. The molecule has 1 aromatic rings. The summed E-state index contributed by atoms with van der Waals surface area (Å²) in [5.74, 6) is -7.75. The fraction of sp³-hybridized carbons (Fsp3) is 0.417. The summed E-state index contributed by atoms with van der Waals surface area (Å²) in [7, 11) is 2.66. The molecule has 1 aliphatic rings. The molecule has 7 heteroatoms. The molecule has 104 valence electrons. The standard InChI is InChI=1S/C12H11F4NO2/c1-17(2)9-6(3-4-7(13)8(9)14)11(10(18)19)5-12(11,15)16/h3-4H,5H2,1-2H3,(H,18,19). The van der Waals surface area contributed by atoms with E-state index in [4.69, 9.17) is 5.11 Å². The van der Waals surface area contributed by atoms with Gasteiger partial charge in [-0.05, 0) is 6.07 Å². The number of rotatable bonds is 3. The van der Waals surface area contributed by atoms with E-state index in [-0.39, 0.29) is 0 Å². The number of alkyl halides is 2. The summed E-state index contributed by atoms with van der Waals surface area (Å²) in [4.78, 5) is 12.2. The van der Waals surface area contributed by atoms with Gasteiger partial charge in [0.25, 0.3) is 5.92 Å². The number of carbonyl (C=O) groups is 1. The Bertz CT molecular complexity index is 559. The highest BCUT2D eigenvalue weighted by atomic mass is 19.3. The number of carboxylic acids is 1. The van der Waals surface area contributed by atoms with Gasteiger partial charge in [0.15, 0.2) is 17.0 Å². The van der Waals surface area contributed by atoms with Crippen LogP contribution in [0.15, 0.2) is 12.1 Å². The first-order chi connectivity index (χ1) is 8.65. The maximum Gasteiger partial charge on any atom is 0.320 e. The van der Waals surface area contributed by atoms with Crippen LogP contribution in [0.1, 0.15) is 12.0 Å². The highest BCUT2D eigenvalue weighted by Gasteiger charge is 2.78. The van der Waals surface area contributed by atoms with E-state index in [0.717, 1.165) is 11.0 Å². The smallest absolute Gasteiger partial charge is 0.320 e. The molecule has 0 aliphatic heterocycles. The minimum Gasteiger partial charge on any atom is -0.480 e. The summed E-state index contributed by atoms with van der Waals surface area (Å²) in [5, 5.41) is 9.04. The van der Waals surface area contributed by atoms with E-state index < -0.39 is 46.6 Å². The molecule has 0 radical (unpaired) electrons. The van der Waals surface area contributed by atoms with Crippen molar-refractivity contribution in [2.75, 3.05) is 19.0 Å². The van der Waals surface area contributed by atoms with Crippen molar-refractivity contribution in [1.82, 2.24) is 0 Å². The van der Waals surface area contributed by atoms with E-state index in [1.807, 2.05) is 0 Å². The van der Waals surface area contributed by atoms with E-state index in [1.165, 1.54) is 14.1 Å². The van der Waals surface area contributed by atoms with E-state index in [0.29, 0.717) is 6.07 Å². The zero-order valence-electron chi connectivity index (χ0n) is 10.2. The van der Waals surface area contributed by atoms with Crippen LogP contribution >= 0.6 is 0 Å². The third-order valence-corrected chi connectivity index (χ3v) is 3.33. The lowest BCUT2D eigenvalue weighted by molar-refractivity contribution is -0.142. The predicted molar refractivity (Wildman–Crippen MR) is 59.6 cm³/mol. The third kappa shape index (κ3) is 1.67. The van der Waals surface area contributed by atoms with Crippen LogP contribution in [-0.2, 0) is 10.2 Å². The quantitative estimate of drug-likeness (QED) is 0.862. The zero-order chi connectivity index (χ0) is 14.6. The molecule has 1 aliphatic carbocycles. The first-order valence-electron chi connectivity index (χ1n) is 5.42. The van der Waals surface area contributed by atoms with Gasteiger partial charge in [0.05, 0.1) is 5.69 Å². The van der Waals surface area contributed by atoms with Crippen molar-refractivity contribution in [1.29, 1.82) is 0 Å². The van der Waals surface area contributed by atoms with Gasteiger partial charge >= 0.3 is 5.97 Å². The largest absolute Gasteiger partial charge is 0.480 e. The predicted octanol–water partition coefficient (Wildman–Crippen LogP) is 2.39. The molecule has 0 aromatic heterocycles. The Morgan fingerprint density at radius 1 is 1.32 bits per heavy atom. The fourth-order valence-electron chi connectivity index (χ4n) is 2.25. The number of hydrogen-bond acceptors (Lipinski definition) is 2. The second-order valence-corrected chi connectivity index (χ2v) is 4.74. The normalized spacial score (nSPS) is 24.1. The van der Waals surface area contributed by atoms with Crippen LogP contribution in [0.25, 0.3) is 0 Å². The topological polar surface area (TPSA) is 40.5 Å². The van der Waals surface area contributed by atoms with Gasteiger partial charge in [-0.2, -0.15) is 0 Å². The van der Waals surface area contributed by atoms with Crippen LogP contribution in [0.3, 0.4) is 0 Å². The second-order valence-electron chi connectivity index (χ2n) is 4.74. The molecule has 2 rings (SSSR count). The summed E-state index contributed by atoms with van der Waals surface area (Å²) in [6, 6.07) is 1.57. The van der Waals surface area contributed by atoms with Gasteiger partial charge in [-0.25, -0.2) is 17.6 Å². The van der Waals surface area contributed by atoms with Gasteiger partial charge in [0, 0.05) is 26.1 Å². The van der Waals surface area contributed by atoms with Crippen molar-refractivity contribution in [2.45, 2.75) is 17.8 Å². The summed E-state index contributed by atoms with van der Waals surface area (Å²) < 4.78 is 53.8. The van der Waals surface area contributed by atoms with Gasteiger partial charge in [0.1, 0.15) is 0 Å². The Kier molecular flexibility index (Phi) is 2.76. The molecule has 0 spiro atoms. The number of aliphatic carboxylic acids is 1. The van der Waals surface area contributed by atoms with Gasteiger partial charge in [-0.1, -0.05) is 6.07 Å². The summed E-state index contributed by atoms with van der Waals surface area (Å²) in [6.45, 7) is 0. The molecule has 0 bridgehead atoms. The summed E-state index contributed by atoms with van der Waals surface area (Å²) in [6.07, 6.45) is -0.915. The molecular weight excluding hydrogens is 266 g/mol. The Hall–Kier alpha value is -1.79. The highest BCUT2D eigenvalue weighted by molar-refractivity contribution is 5.90. The Labute approximate surface area is 106 Å². The van der Waals surface area contributed by atoms with Crippen LogP contribution < -0.4 is 4.90 Å². The Morgan fingerprint density at radius 2 is 1.84 bits per heavy atom. The first kappa shape index (κ1) is 13.6. The third-order valence-electron chi connectivity index (χ3n) is 3.33. The van der Waals surface area contributed by atoms with Crippen LogP contribution in [0.4, 0.5) is 23.2 Å². The molecule has 1 unspecified atom stereocenters. The molecule has 0 saturated heterocycles. The Balaban J connectivity index is 2.71. The fourth-order valence-corrected chi connectivity index (χ4v) is 2.25. The van der Waals surface area contributed by atoms with Crippen molar-refractivity contribution in [2.24, 2.45) is 0 Å². The molecule has 1 saturated carbocycles. The van der Waals surface area contributed by atoms with E-state index in [9.17, 15) is 22.4 Å². The number of nitrogens with zero attached hydrogens (tertiary/aromatic N) is 1. The van der Waals surface area contributed by atoms with Gasteiger partial charge in [-0.3, -0.25) is 4.79 Å². The van der Waals surface area contributed by atoms with Crippen LogP contribution in [0.5, 0.6) is 0 Å². The minimum absolute atomic E-state index is 0.408. The van der Waals surface area contributed by atoms with Crippen molar-refractivity contribution < 1.29 is 27.5 Å². The first-order valence-corrected chi connectivity index (χ1v) is 5.42. The van der Waals surface area contributed by atoms with Crippen LogP contribution in [-0.4, -0.2) is 31.1 Å².